The molecule has 0 saturated carbocycles. The molecule has 0 spiro atoms. The van der Waals surface area contributed by atoms with Crippen molar-refractivity contribution >= 4 is 39.3 Å². The van der Waals surface area contributed by atoms with Crippen LogP contribution in [0.3, 0.4) is 0 Å². The highest BCUT2D eigenvalue weighted by Crippen LogP contribution is 2.24. The molecule has 0 unspecified atom stereocenters. The quantitative estimate of drug-likeness (QED) is 0.234. The lowest BCUT2D eigenvalue weighted by Gasteiger charge is -2.02. The summed E-state index contributed by atoms with van der Waals surface area (Å²) in [5.74, 6) is -0.306. The van der Waals surface area contributed by atoms with Crippen molar-refractivity contribution < 1.29 is 14.5 Å². The van der Waals surface area contributed by atoms with Gasteiger partial charge in [0.2, 0.25) is 0 Å². The molecule has 1 heterocycles. The number of hydrogen-bond acceptors (Lipinski definition) is 6. The minimum Gasteiger partial charge on any atom is -0.423 e. The largest absolute Gasteiger partial charge is 0.423 e. The van der Waals surface area contributed by atoms with E-state index in [-0.39, 0.29) is 11.4 Å². The zero-order valence-corrected chi connectivity index (χ0v) is 13.4. The number of thiazole rings is 1. The molecule has 0 radical (unpaired) electrons. The fraction of sp³-hybridized carbons (Fsp3) is 0.0588. The van der Waals surface area contributed by atoms with Crippen LogP contribution in [0.1, 0.15) is 10.6 Å². The normalized spacial score (nSPS) is 11.0. The smallest absolute Gasteiger partial charge is 0.336 e. The topological polar surface area (TPSA) is 82.3 Å². The summed E-state index contributed by atoms with van der Waals surface area (Å²) in [4.78, 5) is 26.5. The predicted molar refractivity (Wildman–Crippen MR) is 92.1 cm³/mol. The van der Waals surface area contributed by atoms with Gasteiger partial charge in [-0.3, -0.25) is 10.1 Å². The Labute approximate surface area is 141 Å². The van der Waals surface area contributed by atoms with Crippen molar-refractivity contribution in [2.75, 3.05) is 0 Å². The first-order chi connectivity index (χ1) is 11.5. The second kappa shape index (κ2) is 6.59. The van der Waals surface area contributed by atoms with Gasteiger partial charge in [-0.2, -0.15) is 0 Å². The molecule has 0 aliphatic heterocycles. The van der Waals surface area contributed by atoms with Gasteiger partial charge in [0.15, 0.2) is 0 Å². The highest BCUT2D eigenvalue weighted by atomic mass is 32.1. The monoisotopic (exact) mass is 340 g/mol. The first kappa shape index (κ1) is 15.8. The lowest BCUT2D eigenvalue weighted by Crippen LogP contribution is -2.04. The van der Waals surface area contributed by atoms with Crippen molar-refractivity contribution in [3.63, 3.8) is 0 Å². The van der Waals surface area contributed by atoms with Gasteiger partial charge in [0.1, 0.15) is 10.8 Å². The summed E-state index contributed by atoms with van der Waals surface area (Å²) in [5.41, 5.74) is 1.29. The Kier molecular flexibility index (Phi) is 4.35. The van der Waals surface area contributed by atoms with Gasteiger partial charge >= 0.3 is 5.97 Å². The van der Waals surface area contributed by atoms with Crippen molar-refractivity contribution in [2.45, 2.75) is 6.92 Å². The number of fused-ring (bicyclic) bond motifs is 1. The number of aromatic nitrogens is 1. The van der Waals surface area contributed by atoms with Gasteiger partial charge in [-0.05, 0) is 37.3 Å². The molecule has 120 valence electrons. The van der Waals surface area contributed by atoms with Gasteiger partial charge in [0, 0.05) is 17.7 Å². The van der Waals surface area contributed by atoms with E-state index < -0.39 is 10.9 Å². The number of esters is 1. The van der Waals surface area contributed by atoms with Gasteiger partial charge in [0.05, 0.1) is 15.1 Å². The predicted octanol–water partition coefficient (Wildman–Crippen LogP) is 4.13. The number of nitro benzene ring substituents is 1. The van der Waals surface area contributed by atoms with Crippen LogP contribution >= 0.6 is 11.3 Å². The Bertz CT molecular complexity index is 929. The molecule has 6 nitrogen and oxygen atoms in total. The highest BCUT2D eigenvalue weighted by molar-refractivity contribution is 7.19. The number of para-hydroxylation sites is 1. The molecular weight excluding hydrogens is 328 g/mol. The molecule has 2 aromatic carbocycles. The maximum atomic E-state index is 11.9. The van der Waals surface area contributed by atoms with E-state index in [9.17, 15) is 14.9 Å². The SMILES string of the molecule is Cc1cc(OC(=O)/C=C/c2nc3ccccc3s2)ccc1[N+](=O)[O-]. The van der Waals surface area contributed by atoms with Crippen LogP contribution in [0.5, 0.6) is 5.75 Å². The lowest BCUT2D eigenvalue weighted by molar-refractivity contribution is -0.385. The molecule has 0 aliphatic carbocycles. The Morgan fingerprint density at radius 1 is 1.29 bits per heavy atom. The number of nitrogens with zero attached hydrogens (tertiary/aromatic N) is 2. The van der Waals surface area contributed by atoms with Gasteiger partial charge < -0.3 is 4.74 Å². The fourth-order valence-electron chi connectivity index (χ4n) is 2.15. The summed E-state index contributed by atoms with van der Waals surface area (Å²) in [6, 6.07) is 11.9. The van der Waals surface area contributed by atoms with Gasteiger partial charge in [-0.1, -0.05) is 12.1 Å². The maximum Gasteiger partial charge on any atom is 0.336 e. The minimum atomic E-state index is -0.567. The first-order valence-electron chi connectivity index (χ1n) is 7.03. The molecule has 0 amide bonds. The van der Waals surface area contributed by atoms with Crippen LogP contribution in [0.25, 0.3) is 16.3 Å². The molecule has 7 heteroatoms. The highest BCUT2D eigenvalue weighted by Gasteiger charge is 2.11. The summed E-state index contributed by atoms with van der Waals surface area (Å²) in [6.07, 6.45) is 2.87. The van der Waals surface area contributed by atoms with Crippen LogP contribution in [-0.4, -0.2) is 15.9 Å². The maximum absolute atomic E-state index is 11.9. The Hall–Kier alpha value is -3.06. The van der Waals surface area contributed by atoms with E-state index in [0.29, 0.717) is 10.6 Å². The fourth-order valence-corrected chi connectivity index (χ4v) is 3.02. The number of carbonyl (C=O) groups is 1. The zero-order valence-electron chi connectivity index (χ0n) is 12.6. The number of hydrogen-bond donors (Lipinski definition) is 0. The first-order valence-corrected chi connectivity index (χ1v) is 7.85. The van der Waals surface area contributed by atoms with E-state index in [4.69, 9.17) is 4.74 Å². The summed E-state index contributed by atoms with van der Waals surface area (Å²) in [5, 5.41) is 11.5. The molecule has 3 aromatic rings. The van der Waals surface area contributed by atoms with E-state index in [1.54, 1.807) is 13.0 Å². The second-order valence-electron chi connectivity index (χ2n) is 4.98. The molecule has 3 rings (SSSR count). The molecule has 0 atom stereocenters. The number of aryl methyl sites for hydroxylation is 1. The number of benzene rings is 2. The third-order valence-corrected chi connectivity index (χ3v) is 4.26. The van der Waals surface area contributed by atoms with E-state index in [1.807, 2.05) is 24.3 Å². The molecule has 0 fully saturated rings. The number of ether oxygens (including phenoxy) is 1. The third kappa shape index (κ3) is 3.47. The van der Waals surface area contributed by atoms with Crippen molar-refractivity contribution in [3.8, 4) is 5.75 Å². The Morgan fingerprint density at radius 3 is 2.79 bits per heavy atom. The van der Waals surface area contributed by atoms with Crippen molar-refractivity contribution in [3.05, 3.63) is 69.2 Å². The number of nitro groups is 1. The second-order valence-corrected chi connectivity index (χ2v) is 6.04. The average molecular weight is 340 g/mol. The van der Waals surface area contributed by atoms with Crippen LogP contribution < -0.4 is 4.74 Å². The van der Waals surface area contributed by atoms with Gasteiger partial charge in [0.25, 0.3) is 5.69 Å². The zero-order chi connectivity index (χ0) is 17.1. The van der Waals surface area contributed by atoms with Crippen molar-refractivity contribution in [1.29, 1.82) is 0 Å². The summed E-state index contributed by atoms with van der Waals surface area (Å²) in [6.45, 7) is 1.59. The summed E-state index contributed by atoms with van der Waals surface area (Å²) in [7, 11) is 0. The van der Waals surface area contributed by atoms with E-state index in [0.717, 1.165) is 10.2 Å². The van der Waals surface area contributed by atoms with E-state index in [2.05, 4.69) is 4.98 Å². The van der Waals surface area contributed by atoms with Gasteiger partial charge in [-0.25, -0.2) is 9.78 Å². The molecule has 0 aliphatic rings. The number of rotatable bonds is 4. The molecule has 0 N–H and O–H groups in total. The summed E-state index contributed by atoms with van der Waals surface area (Å²) >= 11 is 1.47. The molecule has 0 saturated heterocycles. The van der Waals surface area contributed by atoms with Crippen LogP contribution in [0.15, 0.2) is 48.5 Å². The van der Waals surface area contributed by atoms with Crippen molar-refractivity contribution in [2.24, 2.45) is 0 Å². The molecule has 24 heavy (non-hydrogen) atoms. The molecule has 0 bridgehead atoms. The van der Waals surface area contributed by atoms with E-state index in [1.165, 1.54) is 35.6 Å². The lowest BCUT2D eigenvalue weighted by atomic mass is 10.2. The average Bonchev–Trinajstić information content (AvgIpc) is 2.95. The Morgan fingerprint density at radius 2 is 2.08 bits per heavy atom. The van der Waals surface area contributed by atoms with Crippen LogP contribution in [0.4, 0.5) is 5.69 Å². The Balaban J connectivity index is 1.71. The third-order valence-electron chi connectivity index (χ3n) is 3.26. The molecular formula is C17H12N2O4S. The van der Waals surface area contributed by atoms with Crippen LogP contribution in [-0.2, 0) is 4.79 Å². The molecule has 1 aromatic heterocycles. The summed E-state index contributed by atoms with van der Waals surface area (Å²) < 4.78 is 6.19. The van der Waals surface area contributed by atoms with Crippen LogP contribution in [0.2, 0.25) is 0 Å². The standard InChI is InChI=1S/C17H12N2O4S/c1-11-10-12(6-7-14(11)19(21)22)23-17(20)9-8-16-18-13-4-2-3-5-15(13)24-16/h2-10H,1H3/b9-8+. The van der Waals surface area contributed by atoms with Crippen molar-refractivity contribution in [1.82, 2.24) is 4.98 Å². The number of carbonyl (C=O) groups excluding carboxylic acids is 1. The van der Waals surface area contributed by atoms with E-state index >= 15 is 0 Å². The van der Waals surface area contributed by atoms with Gasteiger partial charge in [-0.15, -0.1) is 11.3 Å². The van der Waals surface area contributed by atoms with Crippen LogP contribution in [0, 0.1) is 17.0 Å². The minimum absolute atomic E-state index is 0.0141.